The number of pyridine rings is 1. The first-order valence-electron chi connectivity index (χ1n) is 9.84. The van der Waals surface area contributed by atoms with E-state index in [0.717, 1.165) is 22.5 Å². The predicted octanol–water partition coefficient (Wildman–Crippen LogP) is 5.70. The van der Waals surface area contributed by atoms with Crippen LogP contribution in [0.15, 0.2) is 73.1 Å². The van der Waals surface area contributed by atoms with Crippen LogP contribution in [0.25, 0.3) is 16.6 Å². The van der Waals surface area contributed by atoms with E-state index in [2.05, 4.69) is 70.3 Å². The minimum Gasteiger partial charge on any atom is -0.317 e. The second-order valence-corrected chi connectivity index (χ2v) is 7.68. The quantitative estimate of drug-likeness (QED) is 0.425. The second kappa shape index (κ2) is 6.75. The zero-order chi connectivity index (χ0) is 19.1. The molecular formula is C25H22N2O. The minimum atomic E-state index is 0.0961. The van der Waals surface area contributed by atoms with Crippen LogP contribution in [0.4, 0.5) is 0 Å². The molecule has 3 heteroatoms. The van der Waals surface area contributed by atoms with Crippen molar-refractivity contribution in [1.82, 2.24) is 9.55 Å². The molecule has 138 valence electrons. The number of Topliss-reactive ketones (excluding diaryl/α,β-unsaturated/α-hetero) is 1. The molecule has 0 bridgehead atoms. The van der Waals surface area contributed by atoms with Gasteiger partial charge in [0.1, 0.15) is 0 Å². The summed E-state index contributed by atoms with van der Waals surface area (Å²) >= 11 is 0. The van der Waals surface area contributed by atoms with Gasteiger partial charge in [0.15, 0.2) is 5.78 Å². The van der Waals surface area contributed by atoms with E-state index in [9.17, 15) is 4.79 Å². The van der Waals surface area contributed by atoms with Gasteiger partial charge in [-0.25, -0.2) is 0 Å². The molecule has 0 N–H and O–H groups in total. The number of benzene rings is 2. The number of rotatable bonds is 5. The van der Waals surface area contributed by atoms with E-state index in [1.807, 2.05) is 12.3 Å². The minimum absolute atomic E-state index is 0.0961. The topological polar surface area (TPSA) is 34.9 Å². The SMILES string of the molecule is CC(=O)c1cc(C2CC2)cnc1Cc1ccc2ccn(-c3ccccc3)c2c1. The van der Waals surface area contributed by atoms with Crippen molar-refractivity contribution >= 4 is 16.7 Å². The van der Waals surface area contributed by atoms with Crippen molar-refractivity contribution in [3.8, 4) is 5.69 Å². The Labute approximate surface area is 164 Å². The van der Waals surface area contributed by atoms with Crippen molar-refractivity contribution in [1.29, 1.82) is 0 Å². The van der Waals surface area contributed by atoms with E-state index >= 15 is 0 Å². The number of fused-ring (bicyclic) bond motifs is 1. The molecule has 2 aromatic heterocycles. The lowest BCUT2D eigenvalue weighted by Gasteiger charge is -2.10. The molecule has 1 aliphatic rings. The summed E-state index contributed by atoms with van der Waals surface area (Å²) in [6.07, 6.45) is 7.16. The first-order chi connectivity index (χ1) is 13.7. The fraction of sp³-hybridized carbons (Fsp3) is 0.200. The highest BCUT2D eigenvalue weighted by molar-refractivity contribution is 5.95. The van der Waals surface area contributed by atoms with Crippen LogP contribution in [-0.2, 0) is 6.42 Å². The van der Waals surface area contributed by atoms with E-state index < -0.39 is 0 Å². The Kier molecular flexibility index (Phi) is 4.09. The molecule has 0 aliphatic heterocycles. The maximum Gasteiger partial charge on any atom is 0.161 e. The third kappa shape index (κ3) is 3.13. The fourth-order valence-electron chi connectivity index (χ4n) is 3.89. The molecule has 1 saturated carbocycles. The summed E-state index contributed by atoms with van der Waals surface area (Å²) in [6.45, 7) is 1.64. The second-order valence-electron chi connectivity index (χ2n) is 7.68. The van der Waals surface area contributed by atoms with Crippen molar-refractivity contribution in [2.45, 2.75) is 32.1 Å². The zero-order valence-corrected chi connectivity index (χ0v) is 15.9. The van der Waals surface area contributed by atoms with Gasteiger partial charge >= 0.3 is 0 Å². The summed E-state index contributed by atoms with van der Waals surface area (Å²) in [6, 6.07) is 21.0. The van der Waals surface area contributed by atoms with Crippen LogP contribution in [0.5, 0.6) is 0 Å². The monoisotopic (exact) mass is 366 g/mol. The maximum atomic E-state index is 12.2. The van der Waals surface area contributed by atoms with Crippen LogP contribution >= 0.6 is 0 Å². The molecule has 0 saturated heterocycles. The first kappa shape index (κ1) is 16.9. The lowest BCUT2D eigenvalue weighted by atomic mass is 9.99. The number of para-hydroxylation sites is 1. The van der Waals surface area contributed by atoms with E-state index in [1.165, 1.54) is 29.3 Å². The van der Waals surface area contributed by atoms with Gasteiger partial charge in [-0.1, -0.05) is 30.3 Å². The van der Waals surface area contributed by atoms with E-state index in [0.29, 0.717) is 12.3 Å². The Hall–Kier alpha value is -3.20. The van der Waals surface area contributed by atoms with Gasteiger partial charge in [-0.15, -0.1) is 0 Å². The number of carbonyl (C=O) groups is 1. The molecule has 2 aromatic carbocycles. The van der Waals surface area contributed by atoms with Crippen molar-refractivity contribution in [2.75, 3.05) is 0 Å². The first-order valence-corrected chi connectivity index (χ1v) is 9.84. The van der Waals surface area contributed by atoms with Crippen molar-refractivity contribution in [3.05, 3.63) is 95.4 Å². The van der Waals surface area contributed by atoms with Crippen LogP contribution < -0.4 is 0 Å². The van der Waals surface area contributed by atoms with Crippen LogP contribution in [0.2, 0.25) is 0 Å². The van der Waals surface area contributed by atoms with Crippen molar-refractivity contribution in [3.63, 3.8) is 0 Å². The number of hydrogen-bond acceptors (Lipinski definition) is 2. The van der Waals surface area contributed by atoms with E-state index in [4.69, 9.17) is 0 Å². The molecule has 0 radical (unpaired) electrons. The van der Waals surface area contributed by atoms with Gasteiger partial charge in [-0.05, 0) is 72.5 Å². The standard InChI is InChI=1S/C25H22N2O/c1-17(28)23-15-21(19-9-10-19)16-26-24(23)13-18-7-8-20-11-12-27(25(20)14-18)22-5-3-2-4-6-22/h2-8,11-12,14-16,19H,9-10,13H2,1H3. The Morgan fingerprint density at radius 3 is 2.64 bits per heavy atom. The lowest BCUT2D eigenvalue weighted by molar-refractivity contribution is 0.101. The van der Waals surface area contributed by atoms with E-state index in [-0.39, 0.29) is 5.78 Å². The van der Waals surface area contributed by atoms with Gasteiger partial charge < -0.3 is 4.57 Å². The van der Waals surface area contributed by atoms with Crippen LogP contribution in [0, 0.1) is 0 Å². The summed E-state index contributed by atoms with van der Waals surface area (Å²) in [4.78, 5) is 16.9. The third-order valence-corrected chi connectivity index (χ3v) is 5.58. The lowest BCUT2D eigenvalue weighted by Crippen LogP contribution is -2.05. The summed E-state index contributed by atoms with van der Waals surface area (Å²) in [5.41, 5.74) is 6.32. The fourth-order valence-corrected chi connectivity index (χ4v) is 3.89. The summed E-state index contributed by atoms with van der Waals surface area (Å²) in [5.74, 6) is 0.698. The summed E-state index contributed by atoms with van der Waals surface area (Å²) < 4.78 is 2.20. The molecule has 0 unspecified atom stereocenters. The molecule has 1 fully saturated rings. The van der Waals surface area contributed by atoms with Gasteiger partial charge in [-0.3, -0.25) is 9.78 Å². The molecule has 1 aliphatic carbocycles. The predicted molar refractivity (Wildman–Crippen MR) is 112 cm³/mol. The maximum absolute atomic E-state index is 12.2. The van der Waals surface area contributed by atoms with Crippen molar-refractivity contribution < 1.29 is 4.79 Å². The smallest absolute Gasteiger partial charge is 0.161 e. The number of carbonyl (C=O) groups excluding carboxylic acids is 1. The highest BCUT2D eigenvalue weighted by Gasteiger charge is 2.25. The van der Waals surface area contributed by atoms with Gasteiger partial charge in [0.05, 0.1) is 11.2 Å². The molecule has 0 atom stereocenters. The molecule has 0 spiro atoms. The van der Waals surface area contributed by atoms with E-state index in [1.54, 1.807) is 6.92 Å². The summed E-state index contributed by atoms with van der Waals surface area (Å²) in [7, 11) is 0. The molecule has 28 heavy (non-hydrogen) atoms. The average Bonchev–Trinajstić information content (AvgIpc) is 3.48. The third-order valence-electron chi connectivity index (χ3n) is 5.58. The molecule has 2 heterocycles. The molecule has 0 amide bonds. The summed E-state index contributed by atoms with van der Waals surface area (Å²) in [5, 5.41) is 1.21. The number of nitrogens with zero attached hydrogens (tertiary/aromatic N) is 2. The van der Waals surface area contributed by atoms with Gasteiger partial charge in [0.2, 0.25) is 0 Å². The Bertz CT molecular complexity index is 1170. The molecule has 4 aromatic rings. The Balaban J connectivity index is 1.53. The van der Waals surface area contributed by atoms with Crippen LogP contribution in [-0.4, -0.2) is 15.3 Å². The molecule has 5 rings (SSSR count). The van der Waals surface area contributed by atoms with Gasteiger partial charge in [-0.2, -0.15) is 0 Å². The van der Waals surface area contributed by atoms with Crippen LogP contribution in [0.3, 0.4) is 0 Å². The highest BCUT2D eigenvalue weighted by Crippen LogP contribution is 2.40. The van der Waals surface area contributed by atoms with Crippen LogP contribution in [0.1, 0.15) is 52.9 Å². The number of hydrogen-bond donors (Lipinski definition) is 0. The number of aromatic nitrogens is 2. The highest BCUT2D eigenvalue weighted by atomic mass is 16.1. The average molecular weight is 366 g/mol. The Morgan fingerprint density at radius 2 is 1.89 bits per heavy atom. The molecule has 3 nitrogen and oxygen atoms in total. The zero-order valence-electron chi connectivity index (χ0n) is 15.9. The van der Waals surface area contributed by atoms with Crippen molar-refractivity contribution in [2.24, 2.45) is 0 Å². The largest absolute Gasteiger partial charge is 0.317 e. The normalized spacial score (nSPS) is 13.8. The number of ketones is 1. The molecular weight excluding hydrogens is 344 g/mol. The van der Waals surface area contributed by atoms with Gasteiger partial charge in [0, 0.05) is 30.1 Å². The Morgan fingerprint density at radius 1 is 1.07 bits per heavy atom. The van der Waals surface area contributed by atoms with Gasteiger partial charge in [0.25, 0.3) is 0 Å².